The molecule has 0 atom stereocenters. The van der Waals surface area contributed by atoms with E-state index in [0.29, 0.717) is 5.69 Å². The Morgan fingerprint density at radius 1 is 1.14 bits per heavy atom. The summed E-state index contributed by atoms with van der Waals surface area (Å²) in [5.41, 5.74) is 7.18. The molecule has 0 saturated carbocycles. The van der Waals surface area contributed by atoms with E-state index in [4.69, 9.17) is 5.73 Å². The van der Waals surface area contributed by atoms with Gasteiger partial charge in [0.1, 0.15) is 0 Å². The summed E-state index contributed by atoms with van der Waals surface area (Å²) in [5.74, 6) is 0. The number of hydrogen-bond donors (Lipinski definition) is 2. The van der Waals surface area contributed by atoms with Gasteiger partial charge in [-0.2, -0.15) is 0 Å². The zero-order chi connectivity index (χ0) is 16.4. The Labute approximate surface area is 132 Å². The molecule has 1 aromatic carbocycles. The molecule has 6 nitrogen and oxygen atoms in total. The second-order valence-electron chi connectivity index (χ2n) is 3.94. The van der Waals surface area contributed by atoms with Crippen molar-refractivity contribution in [2.75, 3.05) is 36.8 Å². The van der Waals surface area contributed by atoms with E-state index < -0.39 is 4.92 Å². The topological polar surface area (TPSA) is 75.6 Å². The number of thiol groups is 1. The third-order valence-electron chi connectivity index (χ3n) is 2.82. The highest BCUT2D eigenvalue weighted by Crippen LogP contribution is 2.28. The minimum absolute atomic E-state index is 0.0269. The van der Waals surface area contributed by atoms with Crippen LogP contribution in [0, 0.1) is 10.1 Å². The van der Waals surface area contributed by atoms with Crippen molar-refractivity contribution >= 4 is 29.9 Å². The number of anilines is 2. The largest absolute Gasteiger partial charge is 0.397 e. The van der Waals surface area contributed by atoms with Crippen LogP contribution in [0.15, 0.2) is 18.2 Å². The van der Waals surface area contributed by atoms with Crippen LogP contribution < -0.4 is 10.6 Å². The first-order chi connectivity index (χ1) is 10.1. The first-order valence-electron chi connectivity index (χ1n) is 7.30. The Morgan fingerprint density at radius 2 is 1.67 bits per heavy atom. The van der Waals surface area contributed by atoms with Crippen molar-refractivity contribution in [3.8, 4) is 0 Å². The van der Waals surface area contributed by atoms with Crippen LogP contribution in [0.1, 0.15) is 27.7 Å². The van der Waals surface area contributed by atoms with Crippen molar-refractivity contribution in [1.29, 1.82) is 0 Å². The molecule has 1 aromatic rings. The Bertz CT molecular complexity index is 435. The molecule has 21 heavy (non-hydrogen) atoms. The molecule has 7 heteroatoms. The van der Waals surface area contributed by atoms with Gasteiger partial charge in [-0.15, -0.1) is 0 Å². The molecule has 0 spiro atoms. The van der Waals surface area contributed by atoms with Crippen LogP contribution in [-0.2, 0) is 0 Å². The molecule has 0 amide bonds. The van der Waals surface area contributed by atoms with Gasteiger partial charge in [-0.25, -0.2) is 4.31 Å². The fraction of sp³-hybridized carbons (Fsp3) is 0.571. The maximum atomic E-state index is 10.6. The van der Waals surface area contributed by atoms with Gasteiger partial charge >= 0.3 is 0 Å². The number of rotatable bonds is 2. The van der Waals surface area contributed by atoms with Gasteiger partial charge in [0.15, 0.2) is 0 Å². The van der Waals surface area contributed by atoms with Gasteiger partial charge in [0.05, 0.1) is 16.3 Å². The number of nitrogens with zero attached hydrogens (tertiary/aromatic N) is 3. The van der Waals surface area contributed by atoms with E-state index >= 15 is 0 Å². The van der Waals surface area contributed by atoms with Crippen LogP contribution >= 0.6 is 12.8 Å². The minimum atomic E-state index is -0.439. The summed E-state index contributed by atoms with van der Waals surface area (Å²) in [7, 11) is 0. The van der Waals surface area contributed by atoms with E-state index in [0.717, 1.165) is 31.9 Å². The monoisotopic (exact) mass is 314 g/mol. The summed E-state index contributed by atoms with van der Waals surface area (Å²) in [4.78, 5) is 12.3. The van der Waals surface area contributed by atoms with E-state index in [1.165, 1.54) is 12.1 Å². The second-order valence-corrected chi connectivity index (χ2v) is 4.51. The van der Waals surface area contributed by atoms with Gasteiger partial charge in [-0.1, -0.05) is 40.5 Å². The molecule has 0 aliphatic carbocycles. The highest BCUT2D eigenvalue weighted by atomic mass is 32.1. The number of non-ortho nitro benzene ring substituents is 1. The van der Waals surface area contributed by atoms with Gasteiger partial charge in [0.2, 0.25) is 0 Å². The van der Waals surface area contributed by atoms with Gasteiger partial charge in [0.25, 0.3) is 5.69 Å². The first kappa shape index (κ1) is 19.5. The minimum Gasteiger partial charge on any atom is -0.397 e. The standard InChI is InChI=1S/C10H14N4O2S.2C2H6/c11-9-7-8(14(15)16)1-2-10(9)12-3-5-13(17)6-4-12;2*1-2/h1-2,7,17H,3-6,11H2;2*1-2H3. The van der Waals surface area contributed by atoms with Crippen molar-refractivity contribution in [3.05, 3.63) is 28.3 Å². The van der Waals surface area contributed by atoms with Crippen molar-refractivity contribution in [2.24, 2.45) is 0 Å². The number of benzene rings is 1. The zero-order valence-corrected chi connectivity index (χ0v) is 14.1. The summed E-state index contributed by atoms with van der Waals surface area (Å²) in [6, 6.07) is 4.60. The molecule has 1 aliphatic rings. The predicted octanol–water partition coefficient (Wildman–Crippen LogP) is 3.20. The van der Waals surface area contributed by atoms with Crippen LogP contribution in [0.5, 0.6) is 0 Å². The van der Waals surface area contributed by atoms with E-state index in [1.807, 2.05) is 32.0 Å². The number of nitro groups is 1. The van der Waals surface area contributed by atoms with Crippen LogP contribution in [0.2, 0.25) is 0 Å². The third-order valence-corrected chi connectivity index (χ3v) is 3.22. The highest BCUT2D eigenvalue weighted by Gasteiger charge is 2.18. The predicted molar refractivity (Wildman–Crippen MR) is 93.0 cm³/mol. The van der Waals surface area contributed by atoms with Crippen molar-refractivity contribution in [2.45, 2.75) is 27.7 Å². The molecule has 0 bridgehead atoms. The van der Waals surface area contributed by atoms with Crippen molar-refractivity contribution in [1.82, 2.24) is 4.31 Å². The molecule has 2 N–H and O–H groups in total. The lowest BCUT2D eigenvalue weighted by atomic mass is 10.2. The lowest BCUT2D eigenvalue weighted by Crippen LogP contribution is -2.42. The first-order valence-corrected chi connectivity index (χ1v) is 7.70. The average molecular weight is 314 g/mol. The van der Waals surface area contributed by atoms with Gasteiger partial charge in [-0.05, 0) is 6.07 Å². The summed E-state index contributed by atoms with van der Waals surface area (Å²) in [5, 5.41) is 10.6. The summed E-state index contributed by atoms with van der Waals surface area (Å²) in [6.07, 6.45) is 0. The Hall–Kier alpha value is -1.47. The average Bonchev–Trinajstić information content (AvgIpc) is 2.52. The molecule has 1 fully saturated rings. The van der Waals surface area contributed by atoms with E-state index in [9.17, 15) is 10.1 Å². The second kappa shape index (κ2) is 10.3. The molecule has 0 aromatic heterocycles. The molecule has 2 rings (SSSR count). The van der Waals surface area contributed by atoms with Gasteiger partial charge in [0, 0.05) is 38.3 Å². The van der Waals surface area contributed by atoms with Gasteiger partial charge in [-0.3, -0.25) is 10.1 Å². The number of hydrogen-bond acceptors (Lipinski definition) is 6. The van der Waals surface area contributed by atoms with Crippen LogP contribution in [-0.4, -0.2) is 35.4 Å². The van der Waals surface area contributed by atoms with E-state index in [-0.39, 0.29) is 5.69 Å². The fourth-order valence-electron chi connectivity index (χ4n) is 1.88. The maximum Gasteiger partial charge on any atom is 0.271 e. The third kappa shape index (κ3) is 5.81. The fourth-order valence-corrected chi connectivity index (χ4v) is 2.06. The van der Waals surface area contributed by atoms with E-state index in [1.54, 1.807) is 6.07 Å². The molecule has 120 valence electrons. The Balaban J connectivity index is 0.000000921. The van der Waals surface area contributed by atoms with E-state index in [2.05, 4.69) is 17.7 Å². The van der Waals surface area contributed by atoms with Crippen LogP contribution in [0.4, 0.5) is 17.1 Å². The number of nitrogen functional groups attached to an aromatic ring is 1. The summed E-state index contributed by atoms with van der Waals surface area (Å²) in [6.45, 7) is 11.3. The Kier molecular flexibility index (Phi) is 9.56. The number of nitro benzene ring substituents is 1. The Morgan fingerprint density at radius 3 is 2.10 bits per heavy atom. The lowest BCUT2D eigenvalue weighted by molar-refractivity contribution is -0.384. The van der Waals surface area contributed by atoms with Gasteiger partial charge < -0.3 is 10.6 Å². The van der Waals surface area contributed by atoms with Crippen molar-refractivity contribution < 1.29 is 4.92 Å². The number of piperazine rings is 1. The summed E-state index contributed by atoms with van der Waals surface area (Å²) < 4.78 is 1.94. The molecule has 1 saturated heterocycles. The smallest absolute Gasteiger partial charge is 0.271 e. The molecule has 1 heterocycles. The quantitative estimate of drug-likeness (QED) is 0.379. The maximum absolute atomic E-state index is 10.6. The lowest BCUT2D eigenvalue weighted by Gasteiger charge is -2.33. The summed E-state index contributed by atoms with van der Waals surface area (Å²) >= 11 is 4.27. The normalized spacial score (nSPS) is 14.4. The van der Waals surface area contributed by atoms with Crippen LogP contribution in [0.3, 0.4) is 0 Å². The van der Waals surface area contributed by atoms with Crippen LogP contribution in [0.25, 0.3) is 0 Å². The molecular weight excluding hydrogens is 288 g/mol. The van der Waals surface area contributed by atoms with Crippen molar-refractivity contribution in [3.63, 3.8) is 0 Å². The SMILES string of the molecule is CC.CC.Nc1cc([N+](=O)[O-])ccc1N1CCN(S)CC1. The molecule has 0 unspecified atom stereocenters. The number of nitrogens with two attached hydrogens (primary N) is 1. The molecule has 1 aliphatic heterocycles. The molecular formula is C14H26N4O2S. The highest BCUT2D eigenvalue weighted by molar-refractivity contribution is 7.77. The zero-order valence-electron chi connectivity index (χ0n) is 13.2. The molecule has 0 radical (unpaired) electrons.